The van der Waals surface area contributed by atoms with Crippen LogP contribution in [0.15, 0.2) is 12.3 Å². The molecule has 1 aliphatic rings. The fourth-order valence-electron chi connectivity index (χ4n) is 2.18. The van der Waals surface area contributed by atoms with E-state index in [0.717, 1.165) is 25.1 Å². The SMILES string of the molecule is CN1CC(CCCl)Cc2ncc(Cl)cc2C1=O. The molecule has 17 heavy (non-hydrogen) atoms. The summed E-state index contributed by atoms with van der Waals surface area (Å²) in [6.45, 7) is 0.722. The summed E-state index contributed by atoms with van der Waals surface area (Å²) in [5.74, 6) is 0.971. The topological polar surface area (TPSA) is 33.2 Å². The van der Waals surface area contributed by atoms with Gasteiger partial charge in [-0.3, -0.25) is 9.78 Å². The van der Waals surface area contributed by atoms with Crippen LogP contribution in [0.3, 0.4) is 0 Å². The van der Waals surface area contributed by atoms with Crippen LogP contribution in [0, 0.1) is 5.92 Å². The van der Waals surface area contributed by atoms with Gasteiger partial charge in [0.25, 0.3) is 5.91 Å². The lowest BCUT2D eigenvalue weighted by molar-refractivity contribution is 0.0782. The van der Waals surface area contributed by atoms with Crippen molar-refractivity contribution >= 4 is 29.1 Å². The number of alkyl halides is 1. The molecule has 1 atom stereocenters. The molecule has 0 bridgehead atoms. The second-order valence-electron chi connectivity index (χ2n) is 4.38. The summed E-state index contributed by atoms with van der Waals surface area (Å²) < 4.78 is 0. The van der Waals surface area contributed by atoms with Crippen molar-refractivity contribution in [1.82, 2.24) is 9.88 Å². The number of aromatic nitrogens is 1. The van der Waals surface area contributed by atoms with Gasteiger partial charge in [0.15, 0.2) is 0 Å². The summed E-state index contributed by atoms with van der Waals surface area (Å²) in [7, 11) is 1.81. The van der Waals surface area contributed by atoms with E-state index in [0.29, 0.717) is 22.4 Å². The quantitative estimate of drug-likeness (QED) is 0.776. The molecule has 92 valence electrons. The van der Waals surface area contributed by atoms with Crippen LogP contribution in [-0.4, -0.2) is 35.3 Å². The highest BCUT2D eigenvalue weighted by Gasteiger charge is 2.26. The Morgan fingerprint density at radius 2 is 2.35 bits per heavy atom. The maximum absolute atomic E-state index is 12.1. The van der Waals surface area contributed by atoms with Gasteiger partial charge in [0, 0.05) is 25.7 Å². The fourth-order valence-corrected chi connectivity index (χ4v) is 2.64. The van der Waals surface area contributed by atoms with Crippen molar-refractivity contribution in [3.05, 3.63) is 28.5 Å². The number of halogens is 2. The van der Waals surface area contributed by atoms with Crippen molar-refractivity contribution in [3.8, 4) is 0 Å². The van der Waals surface area contributed by atoms with Gasteiger partial charge in [0.1, 0.15) is 0 Å². The number of carbonyl (C=O) groups excluding carboxylic acids is 1. The molecule has 3 nitrogen and oxygen atoms in total. The average molecular weight is 273 g/mol. The van der Waals surface area contributed by atoms with Crippen LogP contribution in [0.4, 0.5) is 0 Å². The van der Waals surface area contributed by atoms with E-state index in [9.17, 15) is 4.79 Å². The van der Waals surface area contributed by atoms with Crippen molar-refractivity contribution in [2.45, 2.75) is 12.8 Å². The van der Waals surface area contributed by atoms with E-state index in [1.165, 1.54) is 0 Å². The molecule has 5 heteroatoms. The van der Waals surface area contributed by atoms with E-state index in [4.69, 9.17) is 23.2 Å². The van der Waals surface area contributed by atoms with E-state index < -0.39 is 0 Å². The highest BCUT2D eigenvalue weighted by molar-refractivity contribution is 6.30. The zero-order valence-electron chi connectivity index (χ0n) is 9.62. The smallest absolute Gasteiger partial charge is 0.255 e. The summed E-state index contributed by atoms with van der Waals surface area (Å²) >= 11 is 11.7. The number of nitrogens with zero attached hydrogens (tertiary/aromatic N) is 2. The number of fused-ring (bicyclic) bond motifs is 1. The van der Waals surface area contributed by atoms with Crippen molar-refractivity contribution in [2.75, 3.05) is 19.5 Å². The van der Waals surface area contributed by atoms with Crippen LogP contribution in [0.25, 0.3) is 0 Å². The largest absolute Gasteiger partial charge is 0.341 e. The number of amides is 1. The third kappa shape index (κ3) is 2.72. The average Bonchev–Trinajstić information content (AvgIpc) is 2.40. The fraction of sp³-hybridized carbons (Fsp3) is 0.500. The molecule has 0 aromatic carbocycles. The maximum Gasteiger partial charge on any atom is 0.255 e. The van der Waals surface area contributed by atoms with E-state index in [-0.39, 0.29) is 5.91 Å². The Kier molecular flexibility index (Phi) is 3.89. The molecular formula is C12H14Cl2N2O. The third-order valence-electron chi connectivity index (χ3n) is 3.05. The first-order valence-electron chi connectivity index (χ1n) is 5.57. The Labute approximate surface area is 111 Å². The Morgan fingerprint density at radius 1 is 1.59 bits per heavy atom. The molecule has 0 saturated carbocycles. The minimum atomic E-state index is -0.00734. The molecule has 1 unspecified atom stereocenters. The molecule has 0 fully saturated rings. The molecule has 0 N–H and O–H groups in total. The van der Waals surface area contributed by atoms with Gasteiger partial charge in [-0.25, -0.2) is 0 Å². The summed E-state index contributed by atoms with van der Waals surface area (Å²) in [5.41, 5.74) is 1.45. The standard InChI is InChI=1S/C12H14Cl2N2O/c1-16-7-8(2-3-13)4-11-10(12(16)17)5-9(14)6-15-11/h5-6,8H,2-4,7H2,1H3. The molecule has 0 saturated heterocycles. The van der Waals surface area contributed by atoms with Gasteiger partial charge in [0.2, 0.25) is 0 Å². The monoisotopic (exact) mass is 272 g/mol. The van der Waals surface area contributed by atoms with Gasteiger partial charge in [-0.2, -0.15) is 0 Å². The van der Waals surface area contributed by atoms with Gasteiger partial charge in [-0.15, -0.1) is 11.6 Å². The second kappa shape index (κ2) is 5.23. The Morgan fingerprint density at radius 3 is 3.06 bits per heavy atom. The molecule has 0 aliphatic carbocycles. The predicted octanol–water partition coefficient (Wildman–Crippen LogP) is 2.61. The first kappa shape index (κ1) is 12.7. The molecule has 0 spiro atoms. The lowest BCUT2D eigenvalue weighted by atomic mass is 9.99. The summed E-state index contributed by atoms with van der Waals surface area (Å²) in [6.07, 6.45) is 3.27. The van der Waals surface area contributed by atoms with Crippen molar-refractivity contribution in [1.29, 1.82) is 0 Å². The lowest BCUT2D eigenvalue weighted by Gasteiger charge is -2.19. The van der Waals surface area contributed by atoms with Crippen LogP contribution in [0.1, 0.15) is 22.5 Å². The van der Waals surface area contributed by atoms with Crippen LogP contribution >= 0.6 is 23.2 Å². The highest BCUT2D eigenvalue weighted by Crippen LogP contribution is 2.24. The molecule has 2 heterocycles. The van der Waals surface area contributed by atoms with Crippen LogP contribution in [-0.2, 0) is 6.42 Å². The van der Waals surface area contributed by atoms with Gasteiger partial charge >= 0.3 is 0 Å². The van der Waals surface area contributed by atoms with Crippen molar-refractivity contribution in [2.24, 2.45) is 5.92 Å². The van der Waals surface area contributed by atoms with Crippen LogP contribution in [0.5, 0.6) is 0 Å². The Bertz CT molecular complexity index is 437. The highest BCUT2D eigenvalue weighted by atomic mass is 35.5. The number of carbonyl (C=O) groups is 1. The summed E-state index contributed by atoms with van der Waals surface area (Å²) in [4.78, 5) is 18.1. The minimum Gasteiger partial charge on any atom is -0.341 e. The van der Waals surface area contributed by atoms with Gasteiger partial charge in [-0.1, -0.05) is 11.6 Å². The van der Waals surface area contributed by atoms with E-state index in [2.05, 4.69) is 4.98 Å². The van der Waals surface area contributed by atoms with Crippen LogP contribution in [0.2, 0.25) is 5.02 Å². The minimum absolute atomic E-state index is 0.00734. The summed E-state index contributed by atoms with van der Waals surface area (Å²) in [5, 5.41) is 0.501. The zero-order valence-corrected chi connectivity index (χ0v) is 11.1. The number of rotatable bonds is 2. The Hall–Kier alpha value is -0.800. The number of hydrogen-bond donors (Lipinski definition) is 0. The lowest BCUT2D eigenvalue weighted by Crippen LogP contribution is -2.30. The van der Waals surface area contributed by atoms with Crippen molar-refractivity contribution < 1.29 is 4.79 Å². The first-order valence-corrected chi connectivity index (χ1v) is 6.49. The van der Waals surface area contributed by atoms with E-state index >= 15 is 0 Å². The molecular weight excluding hydrogens is 259 g/mol. The zero-order chi connectivity index (χ0) is 12.4. The molecule has 0 radical (unpaired) electrons. The summed E-state index contributed by atoms with van der Waals surface area (Å²) in [6, 6.07) is 1.70. The molecule has 1 aliphatic heterocycles. The Balaban J connectivity index is 2.37. The van der Waals surface area contributed by atoms with Crippen molar-refractivity contribution in [3.63, 3.8) is 0 Å². The maximum atomic E-state index is 12.1. The van der Waals surface area contributed by atoms with E-state index in [1.807, 2.05) is 0 Å². The van der Waals surface area contributed by atoms with E-state index in [1.54, 1.807) is 24.2 Å². The molecule has 1 aromatic heterocycles. The normalized spacial score (nSPS) is 20.1. The molecule has 1 amide bonds. The molecule has 2 rings (SSSR count). The van der Waals surface area contributed by atoms with Gasteiger partial charge < -0.3 is 4.90 Å². The predicted molar refractivity (Wildman–Crippen MR) is 68.7 cm³/mol. The van der Waals surface area contributed by atoms with Gasteiger partial charge in [0.05, 0.1) is 16.3 Å². The number of pyridine rings is 1. The first-order chi connectivity index (χ1) is 8.11. The third-order valence-corrected chi connectivity index (χ3v) is 3.47. The second-order valence-corrected chi connectivity index (χ2v) is 5.20. The number of hydrogen-bond acceptors (Lipinski definition) is 2. The molecule has 1 aromatic rings. The van der Waals surface area contributed by atoms with Crippen LogP contribution < -0.4 is 0 Å². The van der Waals surface area contributed by atoms with Gasteiger partial charge in [-0.05, 0) is 24.8 Å².